The molecule has 0 amide bonds. The number of aliphatic carboxylic acids is 1. The Morgan fingerprint density at radius 1 is 1.13 bits per heavy atom. The fraction of sp³-hybridized carbons (Fsp3) is 0.222. The highest BCUT2D eigenvalue weighted by molar-refractivity contribution is 6.69. The number of carboxylic acids is 1. The maximum atomic E-state index is 11.0. The lowest BCUT2D eigenvalue weighted by Gasteiger charge is -2.30. The summed E-state index contributed by atoms with van der Waals surface area (Å²) < 4.78 is -2.35. The van der Waals surface area contributed by atoms with E-state index in [9.17, 15) is 9.90 Å². The lowest BCUT2D eigenvalue weighted by molar-refractivity contribution is -0.159. The van der Waals surface area contributed by atoms with E-state index in [1.54, 1.807) is 18.2 Å². The summed E-state index contributed by atoms with van der Waals surface area (Å²) in [4.78, 5) is 11.0. The predicted molar refractivity (Wildman–Crippen MR) is 58.3 cm³/mol. The van der Waals surface area contributed by atoms with Crippen molar-refractivity contribution in [2.24, 2.45) is 0 Å². The minimum atomic E-state index is -2.56. The molecule has 0 aromatic heterocycles. The average molecular weight is 270 g/mol. The van der Waals surface area contributed by atoms with Crippen LogP contribution in [-0.4, -0.2) is 20.0 Å². The Bertz CT molecular complexity index is 361. The van der Waals surface area contributed by atoms with Gasteiger partial charge in [-0.1, -0.05) is 65.1 Å². The van der Waals surface area contributed by atoms with E-state index in [0.717, 1.165) is 0 Å². The smallest absolute Gasteiger partial charge is 0.345 e. The molecule has 15 heavy (non-hydrogen) atoms. The number of rotatable bonds is 2. The van der Waals surface area contributed by atoms with Gasteiger partial charge in [0.05, 0.1) is 0 Å². The molecule has 0 saturated heterocycles. The number of carbonyl (C=O) groups is 1. The second-order valence-corrected chi connectivity index (χ2v) is 5.16. The fourth-order valence-corrected chi connectivity index (χ4v) is 1.66. The summed E-state index contributed by atoms with van der Waals surface area (Å²) in [7, 11) is 0. The highest BCUT2D eigenvalue weighted by Gasteiger charge is 2.55. The Balaban J connectivity index is 3.32. The topological polar surface area (TPSA) is 57.5 Å². The van der Waals surface area contributed by atoms with Gasteiger partial charge in [-0.15, -0.1) is 0 Å². The first-order valence-electron chi connectivity index (χ1n) is 3.88. The molecule has 0 saturated carbocycles. The Morgan fingerprint density at radius 2 is 1.60 bits per heavy atom. The zero-order chi connectivity index (χ0) is 11.7. The van der Waals surface area contributed by atoms with Crippen LogP contribution in [0.3, 0.4) is 0 Å². The molecular formula is C9H7Cl3O3. The quantitative estimate of drug-likeness (QED) is 0.810. The van der Waals surface area contributed by atoms with Crippen LogP contribution in [0.1, 0.15) is 5.56 Å². The molecule has 1 atom stereocenters. The van der Waals surface area contributed by atoms with Gasteiger partial charge in [-0.2, -0.15) is 0 Å². The highest BCUT2D eigenvalue weighted by Crippen LogP contribution is 2.44. The Morgan fingerprint density at radius 3 is 1.93 bits per heavy atom. The van der Waals surface area contributed by atoms with Gasteiger partial charge in [0.2, 0.25) is 9.39 Å². The molecule has 0 spiro atoms. The van der Waals surface area contributed by atoms with E-state index in [4.69, 9.17) is 39.9 Å². The van der Waals surface area contributed by atoms with Gasteiger partial charge in [-0.05, 0) is 5.56 Å². The number of carboxylic acid groups (broad SMARTS) is 1. The van der Waals surface area contributed by atoms with Gasteiger partial charge in [-0.3, -0.25) is 0 Å². The third kappa shape index (κ3) is 2.21. The molecule has 0 aliphatic carbocycles. The molecule has 0 heterocycles. The number of aliphatic hydroxyl groups is 1. The maximum absolute atomic E-state index is 11.0. The SMILES string of the molecule is O=C(O)[C@](O)(c1ccccc1)C(Cl)(Cl)Cl. The zero-order valence-electron chi connectivity index (χ0n) is 7.32. The molecule has 3 nitrogen and oxygen atoms in total. The van der Waals surface area contributed by atoms with Gasteiger partial charge in [0.25, 0.3) is 0 Å². The molecule has 0 radical (unpaired) electrons. The van der Waals surface area contributed by atoms with Gasteiger partial charge in [0, 0.05) is 0 Å². The lowest BCUT2D eigenvalue weighted by atomic mass is 9.96. The lowest BCUT2D eigenvalue weighted by Crippen LogP contribution is -2.47. The monoisotopic (exact) mass is 268 g/mol. The van der Waals surface area contributed by atoms with Gasteiger partial charge < -0.3 is 10.2 Å². The van der Waals surface area contributed by atoms with Gasteiger partial charge in [-0.25, -0.2) is 4.79 Å². The van der Waals surface area contributed by atoms with Crippen LogP contribution in [0.5, 0.6) is 0 Å². The zero-order valence-corrected chi connectivity index (χ0v) is 9.59. The molecular weight excluding hydrogens is 262 g/mol. The standard InChI is InChI=1S/C9H7Cl3O3/c10-9(11,12)8(15,7(13)14)6-4-2-1-3-5-6/h1-5,15H,(H,13,14)/t8-/m1/s1. The first-order valence-corrected chi connectivity index (χ1v) is 5.01. The molecule has 1 aromatic rings. The van der Waals surface area contributed by atoms with Crippen molar-refractivity contribution in [2.75, 3.05) is 0 Å². The summed E-state index contributed by atoms with van der Waals surface area (Å²) in [5.74, 6) is -1.62. The average Bonchev–Trinajstić information content (AvgIpc) is 2.16. The van der Waals surface area contributed by atoms with Gasteiger partial charge >= 0.3 is 5.97 Å². The number of hydrogen-bond donors (Lipinski definition) is 2. The maximum Gasteiger partial charge on any atom is 0.345 e. The third-order valence-electron chi connectivity index (χ3n) is 1.91. The van der Waals surface area contributed by atoms with Crippen molar-refractivity contribution < 1.29 is 15.0 Å². The van der Waals surface area contributed by atoms with Gasteiger partial charge in [0.15, 0.2) is 0 Å². The number of benzene rings is 1. The normalized spacial score (nSPS) is 15.7. The summed E-state index contributed by atoms with van der Waals surface area (Å²) in [5, 5.41) is 18.8. The van der Waals surface area contributed by atoms with Crippen molar-refractivity contribution in [1.29, 1.82) is 0 Å². The molecule has 0 bridgehead atoms. The van der Waals surface area contributed by atoms with E-state index in [2.05, 4.69) is 0 Å². The van der Waals surface area contributed by atoms with Crippen LogP contribution in [0.25, 0.3) is 0 Å². The Labute approximate surface area is 101 Å². The molecule has 2 N–H and O–H groups in total. The first-order chi connectivity index (χ1) is 6.80. The molecule has 0 fully saturated rings. The van der Waals surface area contributed by atoms with Crippen molar-refractivity contribution in [1.82, 2.24) is 0 Å². The van der Waals surface area contributed by atoms with Crippen LogP contribution >= 0.6 is 34.8 Å². The first kappa shape index (κ1) is 12.6. The van der Waals surface area contributed by atoms with Crippen LogP contribution in [0.4, 0.5) is 0 Å². The predicted octanol–water partition coefficient (Wildman–Crippen LogP) is 2.33. The summed E-state index contributed by atoms with van der Waals surface area (Å²) in [6.45, 7) is 0. The van der Waals surface area contributed by atoms with E-state index < -0.39 is 15.4 Å². The van der Waals surface area contributed by atoms with E-state index in [-0.39, 0.29) is 5.56 Å². The van der Waals surface area contributed by atoms with Crippen molar-refractivity contribution >= 4 is 40.8 Å². The van der Waals surface area contributed by atoms with E-state index in [1.165, 1.54) is 12.1 Å². The van der Waals surface area contributed by atoms with Crippen LogP contribution in [0.2, 0.25) is 0 Å². The molecule has 6 heteroatoms. The molecule has 0 aliphatic rings. The minimum absolute atomic E-state index is 0.0116. The number of alkyl halides is 3. The third-order valence-corrected chi connectivity index (χ3v) is 2.73. The van der Waals surface area contributed by atoms with Crippen LogP contribution in [0.15, 0.2) is 30.3 Å². The minimum Gasteiger partial charge on any atom is -0.479 e. The molecule has 0 aliphatic heterocycles. The second kappa shape index (κ2) is 4.18. The van der Waals surface area contributed by atoms with E-state index >= 15 is 0 Å². The number of hydrogen-bond acceptors (Lipinski definition) is 2. The molecule has 1 rings (SSSR count). The largest absolute Gasteiger partial charge is 0.479 e. The molecule has 0 unspecified atom stereocenters. The van der Waals surface area contributed by atoms with E-state index in [0.29, 0.717) is 0 Å². The van der Waals surface area contributed by atoms with Crippen molar-refractivity contribution in [2.45, 2.75) is 9.39 Å². The van der Waals surface area contributed by atoms with Crippen LogP contribution in [0, 0.1) is 0 Å². The summed E-state index contributed by atoms with van der Waals surface area (Å²) >= 11 is 16.4. The van der Waals surface area contributed by atoms with Crippen molar-refractivity contribution in [3.05, 3.63) is 35.9 Å². The van der Waals surface area contributed by atoms with Crippen molar-refractivity contribution in [3.8, 4) is 0 Å². The van der Waals surface area contributed by atoms with Crippen LogP contribution in [-0.2, 0) is 10.4 Å². The summed E-state index contributed by atoms with van der Waals surface area (Å²) in [6, 6.07) is 7.48. The van der Waals surface area contributed by atoms with Crippen molar-refractivity contribution in [3.63, 3.8) is 0 Å². The summed E-state index contributed by atoms with van der Waals surface area (Å²) in [6.07, 6.45) is 0. The van der Waals surface area contributed by atoms with Gasteiger partial charge in [0.1, 0.15) is 0 Å². The second-order valence-electron chi connectivity index (χ2n) is 2.88. The number of halogens is 3. The Hall–Kier alpha value is -0.480. The van der Waals surface area contributed by atoms with Crippen LogP contribution < -0.4 is 0 Å². The molecule has 82 valence electrons. The summed E-state index contributed by atoms with van der Waals surface area (Å²) in [5.41, 5.74) is -2.55. The fourth-order valence-electron chi connectivity index (χ4n) is 1.09. The molecule has 1 aromatic carbocycles. The Kier molecular flexibility index (Phi) is 3.51. The highest BCUT2D eigenvalue weighted by atomic mass is 35.6. The van der Waals surface area contributed by atoms with E-state index in [1.807, 2.05) is 0 Å².